The molecule has 0 saturated carbocycles. The first-order valence-corrected chi connectivity index (χ1v) is 6.39. The van der Waals surface area contributed by atoms with E-state index in [0.717, 1.165) is 27.6 Å². The fourth-order valence-electron chi connectivity index (χ4n) is 1.75. The summed E-state index contributed by atoms with van der Waals surface area (Å²) in [5.74, 6) is 0.793. The van der Waals surface area contributed by atoms with Gasteiger partial charge in [0.1, 0.15) is 17.2 Å². The molecule has 18 heavy (non-hydrogen) atoms. The number of aryl methyl sites for hydroxylation is 2. The van der Waals surface area contributed by atoms with E-state index >= 15 is 0 Å². The van der Waals surface area contributed by atoms with Gasteiger partial charge in [-0.05, 0) is 6.92 Å². The molecule has 0 fully saturated rings. The smallest absolute Gasteiger partial charge is 0.163 e. The van der Waals surface area contributed by atoms with Crippen molar-refractivity contribution in [2.24, 2.45) is 7.05 Å². The second kappa shape index (κ2) is 4.34. The molecule has 0 radical (unpaired) electrons. The van der Waals surface area contributed by atoms with Crippen LogP contribution in [0.15, 0.2) is 17.9 Å². The fraction of sp³-hybridized carbons (Fsp3) is 0.273. The van der Waals surface area contributed by atoms with Crippen LogP contribution in [0.4, 0.5) is 5.82 Å². The molecule has 0 amide bonds. The number of anilines is 1. The zero-order chi connectivity index (χ0) is 12.5. The minimum Gasteiger partial charge on any atom is -0.363 e. The molecule has 0 aliphatic rings. The summed E-state index contributed by atoms with van der Waals surface area (Å²) in [6.45, 7) is 2.66. The van der Waals surface area contributed by atoms with Crippen LogP contribution < -0.4 is 5.32 Å². The van der Waals surface area contributed by atoms with E-state index in [4.69, 9.17) is 0 Å². The lowest BCUT2D eigenvalue weighted by Gasteiger charge is -2.03. The molecule has 3 aromatic heterocycles. The van der Waals surface area contributed by atoms with Gasteiger partial charge in [-0.1, -0.05) is 0 Å². The zero-order valence-electron chi connectivity index (χ0n) is 10.1. The van der Waals surface area contributed by atoms with Gasteiger partial charge in [0, 0.05) is 18.1 Å². The second-order valence-corrected chi connectivity index (χ2v) is 4.91. The summed E-state index contributed by atoms with van der Waals surface area (Å²) in [7, 11) is 1.86. The van der Waals surface area contributed by atoms with E-state index in [0.29, 0.717) is 6.54 Å². The second-order valence-electron chi connectivity index (χ2n) is 3.96. The Bertz CT molecular complexity index is 686. The lowest BCUT2D eigenvalue weighted by atomic mass is 10.4. The molecule has 0 aromatic carbocycles. The van der Waals surface area contributed by atoms with Crippen LogP contribution in [0.3, 0.4) is 0 Å². The maximum absolute atomic E-state index is 4.40. The molecule has 92 valence electrons. The van der Waals surface area contributed by atoms with Crippen molar-refractivity contribution in [3.8, 4) is 0 Å². The topological polar surface area (TPSA) is 68.5 Å². The number of thiazole rings is 1. The number of nitrogens with one attached hydrogen (secondary N) is 1. The summed E-state index contributed by atoms with van der Waals surface area (Å²) in [4.78, 5) is 12.8. The molecule has 0 aliphatic carbocycles. The number of rotatable bonds is 3. The van der Waals surface area contributed by atoms with Crippen molar-refractivity contribution in [3.05, 3.63) is 28.6 Å². The first-order chi connectivity index (χ1) is 8.74. The molecular formula is C11H12N6S. The van der Waals surface area contributed by atoms with Crippen molar-refractivity contribution in [3.63, 3.8) is 0 Å². The van der Waals surface area contributed by atoms with Crippen LogP contribution in [0.25, 0.3) is 11.0 Å². The summed E-state index contributed by atoms with van der Waals surface area (Å²) in [6, 6.07) is 0. The molecule has 3 heterocycles. The maximum atomic E-state index is 4.40. The van der Waals surface area contributed by atoms with Crippen molar-refractivity contribution < 1.29 is 0 Å². The van der Waals surface area contributed by atoms with E-state index in [2.05, 4.69) is 25.4 Å². The Kier molecular flexibility index (Phi) is 2.67. The summed E-state index contributed by atoms with van der Waals surface area (Å²) in [5, 5.41) is 11.5. The molecule has 3 rings (SSSR count). The van der Waals surface area contributed by atoms with Crippen molar-refractivity contribution in [1.29, 1.82) is 0 Å². The molecule has 0 aliphatic heterocycles. The van der Waals surface area contributed by atoms with E-state index in [9.17, 15) is 0 Å². The molecule has 7 heteroatoms. The Morgan fingerprint density at radius 1 is 1.39 bits per heavy atom. The van der Waals surface area contributed by atoms with Gasteiger partial charge in [0.2, 0.25) is 0 Å². The Balaban J connectivity index is 1.86. The van der Waals surface area contributed by atoms with Crippen LogP contribution in [0.2, 0.25) is 0 Å². The van der Waals surface area contributed by atoms with E-state index < -0.39 is 0 Å². The maximum Gasteiger partial charge on any atom is 0.163 e. The Morgan fingerprint density at radius 2 is 2.28 bits per heavy atom. The quantitative estimate of drug-likeness (QED) is 0.777. The number of hydrogen-bond donors (Lipinski definition) is 1. The average Bonchev–Trinajstić information content (AvgIpc) is 2.94. The lowest BCUT2D eigenvalue weighted by molar-refractivity contribution is 0.785. The molecule has 0 unspecified atom stereocenters. The van der Waals surface area contributed by atoms with Crippen molar-refractivity contribution in [2.45, 2.75) is 13.5 Å². The first-order valence-electron chi connectivity index (χ1n) is 5.51. The van der Waals surface area contributed by atoms with E-state index in [1.807, 2.05) is 19.4 Å². The molecule has 1 N–H and O–H groups in total. The van der Waals surface area contributed by atoms with Crippen molar-refractivity contribution in [2.75, 3.05) is 5.32 Å². The normalized spacial score (nSPS) is 11.0. The van der Waals surface area contributed by atoms with Gasteiger partial charge in [-0.3, -0.25) is 4.68 Å². The SMILES string of the molecule is Cc1csc(CNc2ncnc3c2cnn3C)n1. The van der Waals surface area contributed by atoms with Crippen molar-refractivity contribution in [1.82, 2.24) is 24.7 Å². The van der Waals surface area contributed by atoms with Crippen LogP contribution in [-0.4, -0.2) is 24.7 Å². The molecule has 0 spiro atoms. The summed E-state index contributed by atoms with van der Waals surface area (Å²) >= 11 is 1.64. The highest BCUT2D eigenvalue weighted by atomic mass is 32.1. The van der Waals surface area contributed by atoms with Crippen LogP contribution >= 0.6 is 11.3 Å². The third kappa shape index (κ3) is 1.92. The summed E-state index contributed by atoms with van der Waals surface area (Å²) < 4.78 is 1.73. The number of hydrogen-bond acceptors (Lipinski definition) is 6. The predicted molar refractivity (Wildman–Crippen MR) is 70.5 cm³/mol. The first kappa shape index (κ1) is 11.1. The predicted octanol–water partition coefficient (Wildman–Crippen LogP) is 1.74. The van der Waals surface area contributed by atoms with E-state index in [1.54, 1.807) is 28.5 Å². The van der Waals surface area contributed by atoms with Crippen LogP contribution in [-0.2, 0) is 13.6 Å². The van der Waals surface area contributed by atoms with E-state index in [-0.39, 0.29) is 0 Å². The van der Waals surface area contributed by atoms with E-state index in [1.165, 1.54) is 0 Å². The van der Waals surface area contributed by atoms with Gasteiger partial charge in [0.05, 0.1) is 18.1 Å². The van der Waals surface area contributed by atoms with Gasteiger partial charge in [-0.15, -0.1) is 11.3 Å². The van der Waals surface area contributed by atoms with Crippen LogP contribution in [0, 0.1) is 6.92 Å². The Labute approximate surface area is 108 Å². The third-order valence-electron chi connectivity index (χ3n) is 2.60. The Hall–Kier alpha value is -2.02. The highest BCUT2D eigenvalue weighted by molar-refractivity contribution is 7.09. The monoisotopic (exact) mass is 260 g/mol. The van der Waals surface area contributed by atoms with Crippen molar-refractivity contribution >= 4 is 28.2 Å². The minimum absolute atomic E-state index is 0.666. The highest BCUT2D eigenvalue weighted by Gasteiger charge is 2.07. The zero-order valence-corrected chi connectivity index (χ0v) is 10.9. The number of fused-ring (bicyclic) bond motifs is 1. The van der Waals surface area contributed by atoms with Gasteiger partial charge >= 0.3 is 0 Å². The molecular weight excluding hydrogens is 248 g/mol. The molecule has 0 saturated heterocycles. The van der Waals surface area contributed by atoms with Gasteiger partial charge in [0.15, 0.2) is 5.65 Å². The highest BCUT2D eigenvalue weighted by Crippen LogP contribution is 2.19. The fourth-order valence-corrected chi connectivity index (χ4v) is 2.46. The summed E-state index contributed by atoms with van der Waals surface area (Å²) in [6.07, 6.45) is 3.31. The molecule has 0 atom stereocenters. The third-order valence-corrected chi connectivity index (χ3v) is 3.57. The molecule has 6 nitrogen and oxygen atoms in total. The number of nitrogens with zero attached hydrogens (tertiary/aromatic N) is 5. The van der Waals surface area contributed by atoms with Gasteiger partial charge in [-0.2, -0.15) is 5.10 Å². The largest absolute Gasteiger partial charge is 0.363 e. The summed E-state index contributed by atoms with van der Waals surface area (Å²) in [5.41, 5.74) is 1.87. The van der Waals surface area contributed by atoms with Gasteiger partial charge in [-0.25, -0.2) is 15.0 Å². The van der Waals surface area contributed by atoms with Crippen LogP contribution in [0.5, 0.6) is 0 Å². The standard InChI is InChI=1S/C11H12N6S/c1-7-5-18-9(16-7)4-12-10-8-3-15-17(2)11(8)14-6-13-10/h3,5-6H,4H2,1-2H3,(H,12,13,14). The Morgan fingerprint density at radius 3 is 3.06 bits per heavy atom. The average molecular weight is 260 g/mol. The number of aromatic nitrogens is 5. The lowest BCUT2D eigenvalue weighted by Crippen LogP contribution is -2.02. The molecule has 3 aromatic rings. The molecule has 0 bridgehead atoms. The minimum atomic E-state index is 0.666. The van der Waals surface area contributed by atoms with Crippen LogP contribution in [0.1, 0.15) is 10.7 Å². The van der Waals surface area contributed by atoms with Gasteiger partial charge < -0.3 is 5.32 Å². The van der Waals surface area contributed by atoms with Gasteiger partial charge in [0.25, 0.3) is 0 Å².